The molecule has 0 bridgehead atoms. The van der Waals surface area contributed by atoms with E-state index >= 15 is 0 Å². The van der Waals surface area contributed by atoms with E-state index in [-0.39, 0.29) is 10.7 Å². The molecule has 0 radical (unpaired) electrons. The summed E-state index contributed by atoms with van der Waals surface area (Å²) in [5, 5.41) is 6.94. The number of ether oxygens (including phenoxy) is 1. The van der Waals surface area contributed by atoms with Crippen LogP contribution >= 0.6 is 12.2 Å². The van der Waals surface area contributed by atoms with Gasteiger partial charge in [0.05, 0.1) is 13.3 Å². The number of methoxy groups -OCH3 is 1. The monoisotopic (exact) mass is 321 g/mol. The second kappa shape index (κ2) is 7.46. The Kier molecular flexibility index (Phi) is 5.37. The van der Waals surface area contributed by atoms with E-state index < -0.39 is 11.6 Å². The second-order valence-corrected chi connectivity index (χ2v) is 4.63. The minimum atomic E-state index is -0.695. The number of nitrogens with zero attached hydrogens (tertiary/aromatic N) is 1. The van der Waals surface area contributed by atoms with E-state index in [0.717, 1.165) is 23.6 Å². The zero-order valence-electron chi connectivity index (χ0n) is 11.6. The Bertz CT molecular complexity index is 690. The summed E-state index contributed by atoms with van der Waals surface area (Å²) in [5.74, 6) is -0.604. The maximum atomic E-state index is 13.4. The van der Waals surface area contributed by atoms with Gasteiger partial charge in [0.25, 0.3) is 0 Å². The van der Waals surface area contributed by atoms with E-state index in [1.54, 1.807) is 31.4 Å². The van der Waals surface area contributed by atoms with Crippen molar-refractivity contribution in [1.82, 2.24) is 5.43 Å². The van der Waals surface area contributed by atoms with Gasteiger partial charge in [-0.05, 0) is 48.6 Å². The predicted molar refractivity (Wildman–Crippen MR) is 86.3 cm³/mol. The summed E-state index contributed by atoms with van der Waals surface area (Å²) in [5.41, 5.74) is 3.45. The molecule has 0 aliphatic heterocycles. The Morgan fingerprint density at radius 3 is 2.55 bits per heavy atom. The fraction of sp³-hybridized carbons (Fsp3) is 0.0667. The average Bonchev–Trinajstić information content (AvgIpc) is 2.50. The highest BCUT2D eigenvalue weighted by molar-refractivity contribution is 7.80. The van der Waals surface area contributed by atoms with Crippen molar-refractivity contribution >= 4 is 29.2 Å². The molecule has 0 saturated carbocycles. The van der Waals surface area contributed by atoms with Crippen LogP contribution in [0.25, 0.3) is 0 Å². The number of hydrogen-bond acceptors (Lipinski definition) is 3. The molecule has 2 aromatic rings. The number of hydrogen-bond donors (Lipinski definition) is 2. The summed E-state index contributed by atoms with van der Waals surface area (Å²) in [7, 11) is 1.58. The lowest BCUT2D eigenvalue weighted by Crippen LogP contribution is -2.23. The van der Waals surface area contributed by atoms with Crippen LogP contribution in [-0.4, -0.2) is 18.4 Å². The van der Waals surface area contributed by atoms with Crippen molar-refractivity contribution in [3.63, 3.8) is 0 Å². The van der Waals surface area contributed by atoms with Crippen molar-refractivity contribution in [1.29, 1.82) is 0 Å². The molecule has 7 heteroatoms. The minimum absolute atomic E-state index is 0.154. The van der Waals surface area contributed by atoms with Gasteiger partial charge in [0, 0.05) is 17.3 Å². The summed E-state index contributed by atoms with van der Waals surface area (Å²) in [6, 6.07) is 10.4. The van der Waals surface area contributed by atoms with Crippen LogP contribution in [0, 0.1) is 11.6 Å². The first-order valence-corrected chi connectivity index (χ1v) is 6.68. The molecule has 2 rings (SSSR count). The fourth-order valence-corrected chi connectivity index (χ4v) is 1.77. The third-order valence-electron chi connectivity index (χ3n) is 2.68. The number of anilines is 1. The third kappa shape index (κ3) is 4.49. The van der Waals surface area contributed by atoms with Crippen molar-refractivity contribution in [2.24, 2.45) is 5.10 Å². The molecule has 2 aromatic carbocycles. The summed E-state index contributed by atoms with van der Waals surface area (Å²) in [6.45, 7) is 0. The number of halogens is 2. The molecule has 0 aliphatic carbocycles. The second-order valence-electron chi connectivity index (χ2n) is 4.22. The lowest BCUT2D eigenvalue weighted by atomic mass is 10.2. The van der Waals surface area contributed by atoms with Gasteiger partial charge < -0.3 is 10.1 Å². The molecule has 0 fully saturated rings. The van der Waals surface area contributed by atoms with Gasteiger partial charge in [-0.15, -0.1) is 0 Å². The number of hydrazone groups is 1. The van der Waals surface area contributed by atoms with E-state index in [0.29, 0.717) is 0 Å². The lowest BCUT2D eigenvalue weighted by molar-refractivity contribution is 0.415. The van der Waals surface area contributed by atoms with Crippen molar-refractivity contribution in [2.45, 2.75) is 0 Å². The molecule has 2 N–H and O–H groups in total. The van der Waals surface area contributed by atoms with E-state index in [9.17, 15) is 8.78 Å². The first kappa shape index (κ1) is 15.8. The van der Waals surface area contributed by atoms with Gasteiger partial charge in [-0.3, -0.25) is 5.43 Å². The molecule has 4 nitrogen and oxygen atoms in total. The zero-order chi connectivity index (χ0) is 15.9. The number of benzene rings is 2. The molecule has 0 aliphatic rings. The maximum Gasteiger partial charge on any atom is 0.191 e. The lowest BCUT2D eigenvalue weighted by Gasteiger charge is -2.07. The normalized spacial score (nSPS) is 10.5. The Morgan fingerprint density at radius 1 is 1.18 bits per heavy atom. The highest BCUT2D eigenvalue weighted by Crippen LogP contribution is 2.14. The minimum Gasteiger partial charge on any atom is -0.497 e. The molecule has 0 atom stereocenters. The van der Waals surface area contributed by atoms with Gasteiger partial charge in [-0.25, -0.2) is 8.78 Å². The molecule has 0 unspecified atom stereocenters. The summed E-state index contributed by atoms with van der Waals surface area (Å²) >= 11 is 5.05. The highest BCUT2D eigenvalue weighted by Gasteiger charge is 2.01. The number of rotatable bonds is 4. The molecule has 22 heavy (non-hydrogen) atoms. The Morgan fingerprint density at radius 2 is 1.91 bits per heavy atom. The van der Waals surface area contributed by atoms with Crippen LogP contribution in [0.3, 0.4) is 0 Å². The van der Waals surface area contributed by atoms with Crippen molar-refractivity contribution in [2.75, 3.05) is 12.4 Å². The zero-order valence-corrected chi connectivity index (χ0v) is 12.5. The van der Waals surface area contributed by atoms with Gasteiger partial charge in [0.15, 0.2) is 5.11 Å². The third-order valence-corrected chi connectivity index (χ3v) is 2.87. The molecular formula is C15H13F2N3OS. The van der Waals surface area contributed by atoms with Crippen molar-refractivity contribution in [3.05, 3.63) is 59.7 Å². The first-order chi connectivity index (χ1) is 10.6. The summed E-state index contributed by atoms with van der Waals surface area (Å²) < 4.78 is 31.2. The standard InChI is InChI=1S/C15H13F2N3OS/c1-21-13-6-4-12(5-7-13)19-15(22)20-18-9-10-2-3-11(16)8-14(10)17/h2-9H,1H3,(H2,19,20,22)/b18-9+. The van der Waals surface area contributed by atoms with Crippen LogP contribution in [0.15, 0.2) is 47.6 Å². The van der Waals surface area contributed by atoms with E-state index in [2.05, 4.69) is 15.8 Å². The Labute approximate surface area is 131 Å². The van der Waals surface area contributed by atoms with Crippen LogP contribution < -0.4 is 15.5 Å². The molecule has 0 aromatic heterocycles. The first-order valence-electron chi connectivity index (χ1n) is 6.27. The van der Waals surface area contributed by atoms with Crippen LogP contribution in [-0.2, 0) is 0 Å². The van der Waals surface area contributed by atoms with Gasteiger partial charge in [0.1, 0.15) is 17.4 Å². The summed E-state index contributed by atoms with van der Waals surface area (Å²) in [6.07, 6.45) is 1.22. The van der Waals surface area contributed by atoms with Gasteiger partial charge in [-0.1, -0.05) is 0 Å². The largest absolute Gasteiger partial charge is 0.497 e. The van der Waals surface area contributed by atoms with Gasteiger partial charge in [0.2, 0.25) is 0 Å². The fourth-order valence-electron chi connectivity index (χ4n) is 1.60. The Hall–Kier alpha value is -2.54. The average molecular weight is 321 g/mol. The molecule has 0 saturated heterocycles. The van der Waals surface area contributed by atoms with Crippen LogP contribution in [0.2, 0.25) is 0 Å². The van der Waals surface area contributed by atoms with Gasteiger partial charge in [-0.2, -0.15) is 5.10 Å². The van der Waals surface area contributed by atoms with Crippen molar-refractivity contribution in [3.8, 4) is 5.75 Å². The molecule has 0 spiro atoms. The SMILES string of the molecule is COc1ccc(NC(=S)N/N=C/c2ccc(F)cc2F)cc1. The van der Waals surface area contributed by atoms with Gasteiger partial charge >= 0.3 is 0 Å². The highest BCUT2D eigenvalue weighted by atomic mass is 32.1. The smallest absolute Gasteiger partial charge is 0.191 e. The molecular weight excluding hydrogens is 308 g/mol. The topological polar surface area (TPSA) is 45.6 Å². The molecule has 0 amide bonds. The van der Waals surface area contributed by atoms with E-state index in [1.807, 2.05) is 0 Å². The Balaban J connectivity index is 1.90. The predicted octanol–water partition coefficient (Wildman–Crippen LogP) is 3.29. The van der Waals surface area contributed by atoms with E-state index in [4.69, 9.17) is 17.0 Å². The van der Waals surface area contributed by atoms with Crippen LogP contribution in [0.5, 0.6) is 5.75 Å². The number of nitrogens with one attached hydrogen (secondary N) is 2. The maximum absolute atomic E-state index is 13.4. The molecule has 114 valence electrons. The van der Waals surface area contributed by atoms with Crippen molar-refractivity contribution < 1.29 is 13.5 Å². The van der Waals surface area contributed by atoms with Crippen LogP contribution in [0.1, 0.15) is 5.56 Å². The number of thiocarbonyl (C=S) groups is 1. The quantitative estimate of drug-likeness (QED) is 0.515. The van der Waals surface area contributed by atoms with E-state index in [1.165, 1.54) is 12.3 Å². The molecule has 0 heterocycles. The van der Waals surface area contributed by atoms with Crippen LogP contribution in [0.4, 0.5) is 14.5 Å². The summed E-state index contributed by atoms with van der Waals surface area (Å²) in [4.78, 5) is 0.